The molecular weight excluding hydrogens is 212 g/mol. The minimum absolute atomic E-state index is 0.657. The van der Waals surface area contributed by atoms with Gasteiger partial charge in [0.05, 0.1) is 13.2 Å². The third kappa shape index (κ3) is 7.72. The number of benzene rings is 1. The number of unbranched alkanes of at least 4 members (excludes halogenated alkanes) is 2. The van der Waals surface area contributed by atoms with Crippen molar-refractivity contribution in [3.63, 3.8) is 0 Å². The topological polar surface area (TPSA) is 18.5 Å². The fourth-order valence-corrected chi connectivity index (χ4v) is 1.52. The van der Waals surface area contributed by atoms with Crippen LogP contribution in [0.3, 0.4) is 0 Å². The molecule has 0 aliphatic rings. The molecule has 1 aromatic rings. The summed E-state index contributed by atoms with van der Waals surface area (Å²) in [7, 11) is 0. The van der Waals surface area contributed by atoms with Crippen molar-refractivity contribution >= 4 is 0 Å². The van der Waals surface area contributed by atoms with Gasteiger partial charge >= 0.3 is 0 Å². The van der Waals surface area contributed by atoms with Gasteiger partial charge in [0.1, 0.15) is 0 Å². The van der Waals surface area contributed by atoms with E-state index in [4.69, 9.17) is 9.47 Å². The molecule has 0 saturated carbocycles. The highest BCUT2D eigenvalue weighted by atomic mass is 16.5. The number of hydrogen-bond donors (Lipinski definition) is 0. The van der Waals surface area contributed by atoms with Crippen molar-refractivity contribution in [1.29, 1.82) is 0 Å². The molecule has 0 amide bonds. The lowest BCUT2D eigenvalue weighted by atomic mass is 10.2. The van der Waals surface area contributed by atoms with Crippen molar-refractivity contribution in [2.24, 2.45) is 0 Å². The molecule has 0 N–H and O–H groups in total. The Balaban J connectivity index is 1.86. The Hall–Kier alpha value is -1.12. The lowest BCUT2D eigenvalue weighted by molar-refractivity contribution is 0.111. The van der Waals surface area contributed by atoms with Crippen LogP contribution in [-0.2, 0) is 16.1 Å². The Morgan fingerprint density at radius 2 is 1.65 bits per heavy atom. The van der Waals surface area contributed by atoms with Crippen molar-refractivity contribution in [2.45, 2.75) is 25.9 Å². The average molecular weight is 234 g/mol. The Morgan fingerprint density at radius 3 is 2.35 bits per heavy atom. The van der Waals surface area contributed by atoms with Crippen LogP contribution < -0.4 is 0 Å². The molecular formula is C15H22O2. The molecule has 1 rings (SSSR count). The molecule has 0 radical (unpaired) electrons. The van der Waals surface area contributed by atoms with Crippen LogP contribution in [0.2, 0.25) is 0 Å². The van der Waals surface area contributed by atoms with Gasteiger partial charge in [-0.15, -0.1) is 6.58 Å². The van der Waals surface area contributed by atoms with E-state index in [9.17, 15) is 0 Å². The van der Waals surface area contributed by atoms with E-state index in [0.717, 1.165) is 32.5 Å². The highest BCUT2D eigenvalue weighted by molar-refractivity contribution is 5.13. The highest BCUT2D eigenvalue weighted by Crippen LogP contribution is 2.02. The molecule has 0 saturated heterocycles. The largest absolute Gasteiger partial charge is 0.377 e. The zero-order chi connectivity index (χ0) is 12.2. The van der Waals surface area contributed by atoms with Crippen molar-refractivity contribution in [3.05, 3.63) is 48.6 Å². The number of ether oxygens (including phenoxy) is 2. The maximum Gasteiger partial charge on any atom is 0.0716 e. The van der Waals surface area contributed by atoms with Gasteiger partial charge in [-0.2, -0.15) is 0 Å². The first kappa shape index (κ1) is 13.9. The monoisotopic (exact) mass is 234 g/mol. The molecule has 0 bridgehead atoms. The summed E-state index contributed by atoms with van der Waals surface area (Å²) >= 11 is 0. The lowest BCUT2D eigenvalue weighted by Crippen LogP contribution is -1.98. The Bertz CT molecular complexity index is 282. The van der Waals surface area contributed by atoms with Gasteiger partial charge in [0, 0.05) is 13.2 Å². The molecule has 1 aromatic carbocycles. The standard InChI is InChI=1S/C15H22O2/c1-2-11-16-12-7-4-8-13-17-14-15-9-5-3-6-10-15/h2-3,5-6,9-10H,1,4,7-8,11-14H2. The summed E-state index contributed by atoms with van der Waals surface area (Å²) < 4.78 is 10.9. The zero-order valence-electron chi connectivity index (χ0n) is 10.4. The van der Waals surface area contributed by atoms with Gasteiger partial charge < -0.3 is 9.47 Å². The maximum atomic E-state index is 5.59. The summed E-state index contributed by atoms with van der Waals surface area (Å²) in [5, 5.41) is 0. The van der Waals surface area contributed by atoms with E-state index in [0.29, 0.717) is 13.2 Å². The predicted octanol–water partition coefficient (Wildman–Crippen LogP) is 3.58. The van der Waals surface area contributed by atoms with E-state index < -0.39 is 0 Å². The summed E-state index contributed by atoms with van der Waals surface area (Å²) in [5.41, 5.74) is 1.24. The van der Waals surface area contributed by atoms with Crippen molar-refractivity contribution < 1.29 is 9.47 Å². The van der Waals surface area contributed by atoms with Crippen LogP contribution in [0.25, 0.3) is 0 Å². The molecule has 0 aliphatic heterocycles. The fourth-order valence-electron chi connectivity index (χ4n) is 1.52. The van der Waals surface area contributed by atoms with Gasteiger partial charge in [-0.1, -0.05) is 36.4 Å². The first-order valence-electron chi connectivity index (χ1n) is 6.24. The van der Waals surface area contributed by atoms with E-state index in [1.54, 1.807) is 6.08 Å². The highest BCUT2D eigenvalue weighted by Gasteiger charge is 1.93. The Kier molecular flexibility index (Phi) is 8.25. The zero-order valence-corrected chi connectivity index (χ0v) is 10.4. The Morgan fingerprint density at radius 1 is 0.941 bits per heavy atom. The van der Waals surface area contributed by atoms with Crippen LogP contribution in [0, 0.1) is 0 Å². The van der Waals surface area contributed by atoms with Crippen LogP contribution in [0.15, 0.2) is 43.0 Å². The lowest BCUT2D eigenvalue weighted by Gasteiger charge is -2.04. The molecule has 2 nitrogen and oxygen atoms in total. The van der Waals surface area contributed by atoms with Crippen LogP contribution in [0.5, 0.6) is 0 Å². The van der Waals surface area contributed by atoms with Crippen LogP contribution in [0.1, 0.15) is 24.8 Å². The molecule has 17 heavy (non-hydrogen) atoms. The van der Waals surface area contributed by atoms with Crippen molar-refractivity contribution in [2.75, 3.05) is 19.8 Å². The summed E-state index contributed by atoms with van der Waals surface area (Å²) in [6.07, 6.45) is 5.14. The van der Waals surface area contributed by atoms with Crippen LogP contribution >= 0.6 is 0 Å². The Labute approximate surface area is 104 Å². The third-order valence-corrected chi connectivity index (χ3v) is 2.42. The van der Waals surface area contributed by atoms with Gasteiger partial charge in [-0.3, -0.25) is 0 Å². The molecule has 0 atom stereocenters. The van der Waals surface area contributed by atoms with Crippen LogP contribution in [-0.4, -0.2) is 19.8 Å². The summed E-state index contributed by atoms with van der Waals surface area (Å²) in [6, 6.07) is 10.3. The summed E-state index contributed by atoms with van der Waals surface area (Å²) in [6.45, 7) is 6.63. The van der Waals surface area contributed by atoms with Gasteiger partial charge in [0.2, 0.25) is 0 Å². The maximum absolute atomic E-state index is 5.59. The molecule has 0 unspecified atom stereocenters. The first-order valence-corrected chi connectivity index (χ1v) is 6.24. The predicted molar refractivity (Wildman–Crippen MR) is 71.0 cm³/mol. The molecule has 0 heterocycles. The quantitative estimate of drug-likeness (QED) is 0.455. The van der Waals surface area contributed by atoms with Gasteiger partial charge in [0.25, 0.3) is 0 Å². The summed E-state index contributed by atoms with van der Waals surface area (Å²) in [4.78, 5) is 0. The van der Waals surface area contributed by atoms with Gasteiger partial charge in [-0.25, -0.2) is 0 Å². The van der Waals surface area contributed by atoms with E-state index in [2.05, 4.69) is 18.7 Å². The van der Waals surface area contributed by atoms with Gasteiger partial charge in [-0.05, 0) is 24.8 Å². The van der Waals surface area contributed by atoms with E-state index >= 15 is 0 Å². The SMILES string of the molecule is C=CCOCCCCCOCc1ccccc1. The number of rotatable bonds is 10. The van der Waals surface area contributed by atoms with E-state index in [1.165, 1.54) is 5.56 Å². The fraction of sp³-hybridized carbons (Fsp3) is 0.467. The second-order valence-corrected chi connectivity index (χ2v) is 3.96. The minimum atomic E-state index is 0.657. The molecule has 0 aromatic heterocycles. The van der Waals surface area contributed by atoms with Crippen LogP contribution in [0.4, 0.5) is 0 Å². The smallest absolute Gasteiger partial charge is 0.0716 e. The average Bonchev–Trinajstić information content (AvgIpc) is 2.38. The molecule has 0 aliphatic carbocycles. The molecule has 0 fully saturated rings. The molecule has 2 heteroatoms. The minimum Gasteiger partial charge on any atom is -0.377 e. The molecule has 0 spiro atoms. The number of hydrogen-bond acceptors (Lipinski definition) is 2. The van der Waals surface area contributed by atoms with E-state index in [1.807, 2.05) is 18.2 Å². The van der Waals surface area contributed by atoms with Crippen molar-refractivity contribution in [1.82, 2.24) is 0 Å². The van der Waals surface area contributed by atoms with Gasteiger partial charge in [0.15, 0.2) is 0 Å². The third-order valence-electron chi connectivity index (χ3n) is 2.42. The summed E-state index contributed by atoms with van der Waals surface area (Å²) in [5.74, 6) is 0. The second-order valence-electron chi connectivity index (χ2n) is 3.96. The second kappa shape index (κ2) is 10.1. The normalized spacial score (nSPS) is 10.4. The molecule has 94 valence electrons. The first-order chi connectivity index (χ1) is 8.43. The van der Waals surface area contributed by atoms with Crippen molar-refractivity contribution in [3.8, 4) is 0 Å². The van der Waals surface area contributed by atoms with E-state index in [-0.39, 0.29) is 0 Å².